The van der Waals surface area contributed by atoms with Crippen LogP contribution >= 0.6 is 23.1 Å². The largest absolute Gasteiger partial charge is 0.331 e. The molecule has 2 heterocycles. The molecule has 0 spiro atoms. The minimum atomic E-state index is -0.295. The van der Waals surface area contributed by atoms with E-state index in [0.717, 1.165) is 16.4 Å². The van der Waals surface area contributed by atoms with Gasteiger partial charge in [-0.2, -0.15) is 0 Å². The lowest BCUT2D eigenvalue weighted by Crippen LogP contribution is -3.05. The van der Waals surface area contributed by atoms with Gasteiger partial charge in [-0.1, -0.05) is 17.8 Å². The fraction of sp³-hybridized carbons (Fsp3) is 0.278. The predicted molar refractivity (Wildman–Crippen MR) is 102 cm³/mol. The highest BCUT2D eigenvalue weighted by Crippen LogP contribution is 2.25. The molecule has 0 saturated carbocycles. The molecule has 0 bridgehead atoms. The first kappa shape index (κ1) is 18.8. The minimum absolute atomic E-state index is 0.0616. The van der Waals surface area contributed by atoms with Gasteiger partial charge in [-0.3, -0.25) is 9.36 Å². The number of aromatic nitrogens is 3. The van der Waals surface area contributed by atoms with Crippen molar-refractivity contribution in [1.29, 1.82) is 0 Å². The van der Waals surface area contributed by atoms with E-state index in [1.165, 1.54) is 40.1 Å². The Kier molecular flexibility index (Phi) is 5.85. The van der Waals surface area contributed by atoms with Gasteiger partial charge in [0, 0.05) is 5.69 Å². The summed E-state index contributed by atoms with van der Waals surface area (Å²) in [5.74, 6) is 0.828. The van der Waals surface area contributed by atoms with Gasteiger partial charge in [0.15, 0.2) is 16.8 Å². The monoisotopic (exact) mass is 391 g/mol. The molecule has 0 aliphatic heterocycles. The smallest absolute Gasteiger partial charge is 0.196 e. The zero-order valence-corrected chi connectivity index (χ0v) is 16.4. The number of rotatable bonds is 7. The Morgan fingerprint density at radius 2 is 2.00 bits per heavy atom. The molecule has 8 heteroatoms. The average Bonchev–Trinajstić information content (AvgIpc) is 3.29. The zero-order valence-electron chi connectivity index (χ0n) is 14.8. The molecule has 1 N–H and O–H groups in total. The second-order valence-electron chi connectivity index (χ2n) is 6.14. The van der Waals surface area contributed by atoms with Crippen LogP contribution in [-0.4, -0.2) is 40.4 Å². The van der Waals surface area contributed by atoms with Crippen molar-refractivity contribution in [2.45, 2.75) is 18.1 Å². The minimum Gasteiger partial charge on any atom is -0.331 e. The van der Waals surface area contributed by atoms with Crippen LogP contribution in [0.15, 0.2) is 46.9 Å². The summed E-state index contributed by atoms with van der Waals surface area (Å²) in [5.41, 5.74) is 0.783. The molecule has 5 nitrogen and oxygen atoms in total. The third-order valence-corrected chi connectivity index (χ3v) is 5.96. The molecule has 0 aliphatic carbocycles. The van der Waals surface area contributed by atoms with Crippen LogP contribution in [-0.2, 0) is 0 Å². The highest BCUT2D eigenvalue weighted by molar-refractivity contribution is 7.99. The Morgan fingerprint density at radius 3 is 2.62 bits per heavy atom. The molecule has 26 heavy (non-hydrogen) atoms. The summed E-state index contributed by atoms with van der Waals surface area (Å²) < 4.78 is 15.2. The van der Waals surface area contributed by atoms with Crippen molar-refractivity contribution in [2.75, 3.05) is 19.8 Å². The van der Waals surface area contributed by atoms with Crippen molar-refractivity contribution in [1.82, 2.24) is 14.8 Å². The summed E-state index contributed by atoms with van der Waals surface area (Å²) in [5, 5.41) is 11.2. The summed E-state index contributed by atoms with van der Waals surface area (Å²) in [6, 6.07) is 10.0. The number of Topliss-reactive ketones (excluding diaryl/α,β-unsaturated/α-hetero) is 1. The van der Waals surface area contributed by atoms with Crippen LogP contribution < -0.4 is 4.90 Å². The van der Waals surface area contributed by atoms with Gasteiger partial charge in [-0.15, -0.1) is 21.5 Å². The van der Waals surface area contributed by atoms with Crippen LogP contribution in [0.25, 0.3) is 5.69 Å². The van der Waals surface area contributed by atoms with E-state index in [1.807, 2.05) is 36.2 Å². The molecule has 3 rings (SSSR count). The predicted octanol–water partition coefficient (Wildman–Crippen LogP) is 2.65. The maximum atomic E-state index is 13.3. The Morgan fingerprint density at radius 1 is 1.27 bits per heavy atom. The van der Waals surface area contributed by atoms with Crippen LogP contribution in [0, 0.1) is 5.82 Å². The van der Waals surface area contributed by atoms with Gasteiger partial charge in [0.1, 0.15) is 11.9 Å². The first-order valence-electron chi connectivity index (χ1n) is 8.18. The summed E-state index contributed by atoms with van der Waals surface area (Å²) in [4.78, 5) is 14.2. The van der Waals surface area contributed by atoms with Gasteiger partial charge in [0.2, 0.25) is 0 Å². The molecule has 1 aromatic carbocycles. The number of benzene rings is 1. The first-order chi connectivity index (χ1) is 12.5. The molecule has 0 unspecified atom stereocenters. The molecular weight excluding hydrogens is 371 g/mol. The molecular formula is C18H20FN4OS2+. The molecule has 0 amide bonds. The van der Waals surface area contributed by atoms with Gasteiger partial charge < -0.3 is 4.90 Å². The third-order valence-electron chi connectivity index (χ3n) is 4.12. The van der Waals surface area contributed by atoms with Gasteiger partial charge in [-0.25, -0.2) is 4.39 Å². The summed E-state index contributed by atoms with van der Waals surface area (Å²) in [6.07, 6.45) is 0. The van der Waals surface area contributed by atoms with Gasteiger partial charge >= 0.3 is 0 Å². The number of thiophene rings is 1. The van der Waals surface area contributed by atoms with E-state index in [2.05, 4.69) is 17.1 Å². The number of halogens is 1. The van der Waals surface area contributed by atoms with Crippen molar-refractivity contribution < 1.29 is 14.1 Å². The van der Waals surface area contributed by atoms with Gasteiger partial charge in [0.25, 0.3) is 0 Å². The second kappa shape index (κ2) is 8.11. The standard InChI is InChI=1S/C18H19FN4OS2/c1-12(22(2)3)17-20-21-18(23(17)14-8-6-13(19)7-9-14)26-11-15(24)16-5-4-10-25-16/h4-10,12H,11H2,1-3H3/p+1/t12-/m0/s1. The van der Waals surface area contributed by atoms with Crippen LogP contribution in [0.4, 0.5) is 4.39 Å². The summed E-state index contributed by atoms with van der Waals surface area (Å²) in [6.45, 7) is 2.06. The zero-order chi connectivity index (χ0) is 18.7. The lowest BCUT2D eigenvalue weighted by molar-refractivity contribution is -0.890. The number of carbonyl (C=O) groups excluding carboxylic acids is 1. The van der Waals surface area contributed by atoms with Crippen molar-refractivity contribution in [3.05, 3.63) is 58.3 Å². The number of quaternary nitrogens is 1. The number of nitrogens with one attached hydrogen (secondary N) is 1. The Balaban J connectivity index is 1.91. The van der Waals surface area contributed by atoms with E-state index in [9.17, 15) is 9.18 Å². The molecule has 0 fully saturated rings. The number of thioether (sulfide) groups is 1. The summed E-state index contributed by atoms with van der Waals surface area (Å²) >= 11 is 2.78. The van der Waals surface area contributed by atoms with E-state index >= 15 is 0 Å². The normalized spacial score (nSPS) is 12.5. The lowest BCUT2D eigenvalue weighted by atomic mass is 10.2. The molecule has 0 aliphatic rings. The highest BCUT2D eigenvalue weighted by Gasteiger charge is 2.24. The third kappa shape index (κ3) is 4.03. The lowest BCUT2D eigenvalue weighted by Gasteiger charge is -2.18. The quantitative estimate of drug-likeness (QED) is 0.497. The SMILES string of the molecule is C[C@@H](c1nnc(SCC(=O)c2cccs2)n1-c1ccc(F)cc1)[NH+](C)C. The number of hydrogen-bond acceptors (Lipinski definition) is 5. The van der Waals surface area contributed by atoms with E-state index in [1.54, 1.807) is 12.1 Å². The van der Waals surface area contributed by atoms with E-state index in [0.29, 0.717) is 5.16 Å². The molecule has 2 aromatic heterocycles. The molecule has 1 atom stereocenters. The Hall–Kier alpha value is -2.03. The molecule has 3 aromatic rings. The highest BCUT2D eigenvalue weighted by atomic mass is 32.2. The number of carbonyl (C=O) groups is 1. The average molecular weight is 392 g/mol. The fourth-order valence-electron chi connectivity index (χ4n) is 2.38. The summed E-state index contributed by atoms with van der Waals surface area (Å²) in [7, 11) is 4.09. The van der Waals surface area contributed by atoms with Crippen LogP contribution in [0.1, 0.15) is 28.5 Å². The number of nitrogens with zero attached hydrogens (tertiary/aromatic N) is 3. The Labute approximate surface area is 159 Å². The van der Waals surface area contributed by atoms with Crippen LogP contribution in [0.2, 0.25) is 0 Å². The maximum Gasteiger partial charge on any atom is 0.196 e. The number of ketones is 1. The van der Waals surface area contributed by atoms with E-state index in [-0.39, 0.29) is 23.4 Å². The second-order valence-corrected chi connectivity index (χ2v) is 8.03. The number of hydrogen-bond donors (Lipinski definition) is 1. The first-order valence-corrected chi connectivity index (χ1v) is 10.0. The topological polar surface area (TPSA) is 52.2 Å². The van der Waals surface area contributed by atoms with Crippen LogP contribution in [0.5, 0.6) is 0 Å². The Bertz CT molecular complexity index is 875. The van der Waals surface area contributed by atoms with Crippen molar-refractivity contribution >= 4 is 28.9 Å². The van der Waals surface area contributed by atoms with Crippen molar-refractivity contribution in [2.24, 2.45) is 0 Å². The van der Waals surface area contributed by atoms with Crippen LogP contribution in [0.3, 0.4) is 0 Å². The van der Waals surface area contributed by atoms with E-state index in [4.69, 9.17) is 0 Å². The van der Waals surface area contributed by atoms with Gasteiger partial charge in [-0.05, 0) is 42.6 Å². The molecule has 0 radical (unpaired) electrons. The van der Waals surface area contributed by atoms with Crippen molar-refractivity contribution in [3.8, 4) is 5.69 Å². The molecule has 136 valence electrons. The van der Waals surface area contributed by atoms with E-state index < -0.39 is 0 Å². The van der Waals surface area contributed by atoms with Crippen molar-refractivity contribution in [3.63, 3.8) is 0 Å². The maximum absolute atomic E-state index is 13.3. The molecule has 0 saturated heterocycles. The fourth-order valence-corrected chi connectivity index (χ4v) is 3.98. The van der Waals surface area contributed by atoms with Gasteiger partial charge in [0.05, 0.1) is 24.7 Å².